The molecule has 0 unspecified atom stereocenters. The van der Waals surface area contributed by atoms with E-state index in [2.05, 4.69) is 10.2 Å². The molecule has 19 heavy (non-hydrogen) atoms. The van der Waals surface area contributed by atoms with Crippen molar-refractivity contribution in [2.24, 2.45) is 0 Å². The zero-order valence-electron chi connectivity index (χ0n) is 11.7. The molecular formula is C13H21N3O3. The summed E-state index contributed by atoms with van der Waals surface area (Å²) in [6, 6.07) is 4.96. The number of ether oxygens (including phenoxy) is 1. The van der Waals surface area contributed by atoms with Gasteiger partial charge in [-0.15, -0.1) is 0 Å². The Hall–Kier alpha value is -1.66. The van der Waals surface area contributed by atoms with Gasteiger partial charge in [0.05, 0.1) is 11.5 Å². The molecule has 0 fully saturated rings. The van der Waals surface area contributed by atoms with Crippen LogP contribution in [0.25, 0.3) is 0 Å². The second-order valence-electron chi connectivity index (χ2n) is 4.59. The first-order valence-corrected chi connectivity index (χ1v) is 6.24. The van der Waals surface area contributed by atoms with Crippen LogP contribution in [0.2, 0.25) is 0 Å². The number of hydrogen-bond acceptors (Lipinski definition) is 5. The highest BCUT2D eigenvalue weighted by molar-refractivity contribution is 5.48. The molecule has 6 heteroatoms. The molecule has 1 aromatic rings. The van der Waals surface area contributed by atoms with Crippen LogP contribution in [0.15, 0.2) is 18.2 Å². The first-order valence-electron chi connectivity index (χ1n) is 6.24. The molecule has 0 atom stereocenters. The molecule has 0 saturated heterocycles. The summed E-state index contributed by atoms with van der Waals surface area (Å²) in [4.78, 5) is 12.6. The molecule has 0 aliphatic carbocycles. The van der Waals surface area contributed by atoms with Crippen molar-refractivity contribution in [3.63, 3.8) is 0 Å². The van der Waals surface area contributed by atoms with E-state index in [1.165, 1.54) is 6.07 Å². The van der Waals surface area contributed by atoms with Crippen molar-refractivity contribution in [3.8, 4) is 5.75 Å². The second-order valence-corrected chi connectivity index (χ2v) is 4.59. The summed E-state index contributed by atoms with van der Waals surface area (Å²) in [5.74, 6) is 0.344. The lowest BCUT2D eigenvalue weighted by molar-refractivity contribution is -0.385. The highest BCUT2D eigenvalue weighted by atomic mass is 16.6. The Balaban J connectivity index is 2.71. The third kappa shape index (κ3) is 5.23. The predicted octanol–water partition coefficient (Wildman–Crippen LogP) is 1.64. The van der Waals surface area contributed by atoms with Gasteiger partial charge in [0, 0.05) is 19.2 Å². The van der Waals surface area contributed by atoms with Crippen LogP contribution in [0.5, 0.6) is 5.75 Å². The maximum Gasteiger partial charge on any atom is 0.310 e. The van der Waals surface area contributed by atoms with Gasteiger partial charge in [0.2, 0.25) is 0 Å². The number of nitrogens with zero attached hydrogens (tertiary/aromatic N) is 2. The van der Waals surface area contributed by atoms with E-state index >= 15 is 0 Å². The molecule has 6 nitrogen and oxygen atoms in total. The van der Waals surface area contributed by atoms with Gasteiger partial charge in [0.25, 0.3) is 0 Å². The number of nitrogens with one attached hydrogen (secondary N) is 1. The van der Waals surface area contributed by atoms with E-state index in [9.17, 15) is 10.1 Å². The van der Waals surface area contributed by atoms with Crippen molar-refractivity contribution < 1.29 is 9.66 Å². The summed E-state index contributed by atoms with van der Waals surface area (Å²) in [6.07, 6.45) is 0.834. The lowest BCUT2D eigenvalue weighted by atomic mass is 10.2. The van der Waals surface area contributed by atoms with E-state index in [4.69, 9.17) is 4.74 Å². The summed E-state index contributed by atoms with van der Waals surface area (Å²) < 4.78 is 5.54. The minimum Gasteiger partial charge on any atom is -0.487 e. The average molecular weight is 267 g/mol. The average Bonchev–Trinajstić information content (AvgIpc) is 2.34. The molecule has 1 aromatic carbocycles. The number of nitro groups is 1. The quantitative estimate of drug-likeness (QED) is 0.440. The first-order chi connectivity index (χ1) is 9.04. The Kier molecular flexibility index (Phi) is 6.24. The zero-order chi connectivity index (χ0) is 14.3. The third-order valence-corrected chi connectivity index (χ3v) is 2.61. The van der Waals surface area contributed by atoms with E-state index in [1.807, 2.05) is 21.1 Å². The molecule has 106 valence electrons. The maximum absolute atomic E-state index is 10.9. The van der Waals surface area contributed by atoms with Crippen molar-refractivity contribution in [1.29, 1.82) is 0 Å². The largest absolute Gasteiger partial charge is 0.487 e. The van der Waals surface area contributed by atoms with Crippen molar-refractivity contribution in [2.75, 3.05) is 34.3 Å². The van der Waals surface area contributed by atoms with Gasteiger partial charge in [0.1, 0.15) is 0 Å². The fourth-order valence-electron chi connectivity index (χ4n) is 1.70. The van der Waals surface area contributed by atoms with Crippen LogP contribution in [0.3, 0.4) is 0 Å². The summed E-state index contributed by atoms with van der Waals surface area (Å²) in [6.45, 7) is 2.03. The van der Waals surface area contributed by atoms with Crippen LogP contribution < -0.4 is 10.1 Å². The topological polar surface area (TPSA) is 67.6 Å². The molecule has 0 radical (unpaired) electrons. The van der Waals surface area contributed by atoms with E-state index in [0.29, 0.717) is 18.9 Å². The molecule has 0 saturated carbocycles. The normalized spacial score (nSPS) is 10.7. The second kappa shape index (κ2) is 7.70. The smallest absolute Gasteiger partial charge is 0.310 e. The minimum absolute atomic E-state index is 0.0182. The number of nitro benzene ring substituents is 1. The molecule has 0 heterocycles. The van der Waals surface area contributed by atoms with Gasteiger partial charge in [0.15, 0.2) is 5.75 Å². The van der Waals surface area contributed by atoms with Gasteiger partial charge in [-0.3, -0.25) is 10.1 Å². The molecule has 0 aliphatic heterocycles. The van der Waals surface area contributed by atoms with Crippen molar-refractivity contribution in [1.82, 2.24) is 10.2 Å². The summed E-state index contributed by atoms with van der Waals surface area (Å²) in [5.41, 5.74) is 0.986. The Labute approximate surface area is 113 Å². The minimum atomic E-state index is -0.412. The van der Waals surface area contributed by atoms with Crippen LogP contribution in [0.4, 0.5) is 5.69 Å². The monoisotopic (exact) mass is 267 g/mol. The fourth-order valence-corrected chi connectivity index (χ4v) is 1.70. The molecular weight excluding hydrogens is 246 g/mol. The molecule has 1 rings (SSSR count). The Morgan fingerprint density at radius 1 is 1.42 bits per heavy atom. The Morgan fingerprint density at radius 3 is 2.74 bits per heavy atom. The zero-order valence-corrected chi connectivity index (χ0v) is 11.7. The standard InChI is InChI=1S/C13H21N3O3/c1-14-10-11-5-6-12(16(17)18)13(9-11)19-8-4-7-15(2)3/h5-6,9,14H,4,7-8,10H2,1-3H3. The maximum atomic E-state index is 10.9. The Bertz CT molecular complexity index is 422. The van der Waals surface area contributed by atoms with Crippen molar-refractivity contribution in [2.45, 2.75) is 13.0 Å². The molecule has 0 bridgehead atoms. The SMILES string of the molecule is CNCc1ccc([N+](=O)[O-])c(OCCCN(C)C)c1. The van der Waals surface area contributed by atoms with Gasteiger partial charge in [-0.05, 0) is 39.2 Å². The van der Waals surface area contributed by atoms with Gasteiger partial charge < -0.3 is 15.0 Å². The van der Waals surface area contributed by atoms with Gasteiger partial charge in [-0.25, -0.2) is 0 Å². The molecule has 0 aliphatic rings. The van der Waals surface area contributed by atoms with E-state index in [0.717, 1.165) is 18.5 Å². The predicted molar refractivity (Wildman–Crippen MR) is 74.5 cm³/mol. The lowest BCUT2D eigenvalue weighted by Crippen LogP contribution is -2.15. The Morgan fingerprint density at radius 2 is 2.16 bits per heavy atom. The third-order valence-electron chi connectivity index (χ3n) is 2.61. The van der Waals surface area contributed by atoms with Gasteiger partial charge >= 0.3 is 5.69 Å². The highest BCUT2D eigenvalue weighted by Gasteiger charge is 2.15. The van der Waals surface area contributed by atoms with E-state index in [-0.39, 0.29) is 5.69 Å². The van der Waals surface area contributed by atoms with Crippen LogP contribution in [0, 0.1) is 10.1 Å². The van der Waals surface area contributed by atoms with Crippen LogP contribution in [-0.4, -0.2) is 44.1 Å². The molecule has 0 spiro atoms. The van der Waals surface area contributed by atoms with Crippen molar-refractivity contribution >= 4 is 5.69 Å². The number of benzene rings is 1. The molecule has 1 N–H and O–H groups in total. The van der Waals surface area contributed by atoms with Crippen LogP contribution in [0.1, 0.15) is 12.0 Å². The number of rotatable bonds is 8. The summed E-state index contributed by atoms with van der Waals surface area (Å²) >= 11 is 0. The lowest BCUT2D eigenvalue weighted by Gasteiger charge is -2.11. The summed E-state index contributed by atoms with van der Waals surface area (Å²) in [7, 11) is 5.80. The molecule has 0 amide bonds. The van der Waals surface area contributed by atoms with Gasteiger partial charge in [-0.2, -0.15) is 0 Å². The van der Waals surface area contributed by atoms with Crippen molar-refractivity contribution in [3.05, 3.63) is 33.9 Å². The fraction of sp³-hybridized carbons (Fsp3) is 0.538. The van der Waals surface area contributed by atoms with E-state index in [1.54, 1.807) is 12.1 Å². The highest BCUT2D eigenvalue weighted by Crippen LogP contribution is 2.28. The first kappa shape index (κ1) is 15.4. The van der Waals surface area contributed by atoms with Crippen LogP contribution >= 0.6 is 0 Å². The van der Waals surface area contributed by atoms with E-state index < -0.39 is 4.92 Å². The van der Waals surface area contributed by atoms with Crippen LogP contribution in [-0.2, 0) is 6.54 Å². The molecule has 0 aromatic heterocycles. The van der Waals surface area contributed by atoms with Gasteiger partial charge in [-0.1, -0.05) is 6.07 Å². The number of hydrogen-bond donors (Lipinski definition) is 1. The summed E-state index contributed by atoms with van der Waals surface area (Å²) in [5, 5.41) is 13.9.